The van der Waals surface area contributed by atoms with Crippen LogP contribution in [0.5, 0.6) is 0 Å². The van der Waals surface area contributed by atoms with E-state index >= 15 is 0 Å². The third kappa shape index (κ3) is 1.78. The second kappa shape index (κ2) is 3.86. The van der Waals surface area contributed by atoms with Crippen molar-refractivity contribution < 1.29 is 4.42 Å². The number of rotatable bonds is 2. The summed E-state index contributed by atoms with van der Waals surface area (Å²) in [5.74, 6) is 0. The van der Waals surface area contributed by atoms with E-state index in [9.17, 15) is 4.79 Å². The van der Waals surface area contributed by atoms with Crippen molar-refractivity contribution in [2.24, 2.45) is 0 Å². The Morgan fingerprint density at radius 2 is 2.40 bits per heavy atom. The number of H-pyrrole nitrogens is 1. The third-order valence-corrected chi connectivity index (χ3v) is 2.49. The zero-order chi connectivity index (χ0) is 10.8. The first-order chi connectivity index (χ1) is 7.22. The van der Waals surface area contributed by atoms with E-state index < -0.39 is 0 Å². The van der Waals surface area contributed by atoms with Crippen molar-refractivity contribution >= 4 is 12.2 Å². The molecule has 2 aromatic heterocycles. The molecule has 0 aliphatic rings. The van der Waals surface area contributed by atoms with Gasteiger partial charge in [-0.3, -0.25) is 9.36 Å². The summed E-state index contributed by atoms with van der Waals surface area (Å²) in [5, 5.41) is 0. The molecule has 0 aromatic carbocycles. The van der Waals surface area contributed by atoms with Gasteiger partial charge in [-0.25, -0.2) is 0 Å². The molecule has 15 heavy (non-hydrogen) atoms. The number of nitrogens with zero attached hydrogens (tertiary/aromatic N) is 1. The Hall–Kier alpha value is -1.62. The summed E-state index contributed by atoms with van der Waals surface area (Å²) in [6.45, 7) is 2.45. The first-order valence-electron chi connectivity index (χ1n) is 4.59. The van der Waals surface area contributed by atoms with Crippen LogP contribution in [0.2, 0.25) is 0 Å². The molecule has 0 fully saturated rings. The molecule has 2 rings (SSSR count). The van der Waals surface area contributed by atoms with E-state index in [1.165, 1.54) is 10.6 Å². The molecule has 0 aliphatic heterocycles. The average molecular weight is 222 g/mol. The first-order valence-corrected chi connectivity index (χ1v) is 5.00. The van der Waals surface area contributed by atoms with Gasteiger partial charge >= 0.3 is 0 Å². The summed E-state index contributed by atoms with van der Waals surface area (Å²) in [6, 6.07) is 3.29. The number of aromatic nitrogens is 2. The quantitative estimate of drug-likeness (QED) is 0.792. The van der Waals surface area contributed by atoms with Crippen LogP contribution in [0.1, 0.15) is 6.92 Å². The number of hydrogen-bond donors (Lipinski definition) is 1. The predicted molar refractivity (Wildman–Crippen MR) is 59.3 cm³/mol. The fraction of sp³-hybridized carbons (Fsp3) is 0.200. The highest BCUT2D eigenvalue weighted by molar-refractivity contribution is 7.71. The molecule has 4 nitrogen and oxygen atoms in total. The maximum atomic E-state index is 11.6. The highest BCUT2D eigenvalue weighted by Gasteiger charge is 2.03. The smallest absolute Gasteiger partial charge is 0.254 e. The summed E-state index contributed by atoms with van der Waals surface area (Å²) in [6.07, 6.45) is 3.12. The van der Waals surface area contributed by atoms with E-state index in [-0.39, 0.29) is 5.56 Å². The third-order valence-electron chi connectivity index (χ3n) is 2.17. The van der Waals surface area contributed by atoms with Gasteiger partial charge in [0.05, 0.1) is 18.2 Å². The second-order valence-electron chi connectivity index (χ2n) is 3.08. The molecule has 2 heterocycles. The average Bonchev–Trinajstić information content (AvgIpc) is 2.69. The predicted octanol–water partition coefficient (Wildman–Crippen LogP) is 2.19. The first kappa shape index (κ1) is 9.92. The van der Waals surface area contributed by atoms with E-state index in [4.69, 9.17) is 16.6 Å². The number of aromatic amines is 1. The lowest BCUT2D eigenvalue weighted by atomic mass is 10.2. The van der Waals surface area contributed by atoms with Crippen LogP contribution < -0.4 is 5.56 Å². The van der Waals surface area contributed by atoms with Crippen molar-refractivity contribution in [1.29, 1.82) is 0 Å². The van der Waals surface area contributed by atoms with Gasteiger partial charge in [0.2, 0.25) is 0 Å². The Labute approximate surface area is 91.2 Å². The van der Waals surface area contributed by atoms with Gasteiger partial charge in [-0.2, -0.15) is 0 Å². The molecule has 0 unspecified atom stereocenters. The minimum atomic E-state index is -0.0996. The Balaban J connectivity index is 2.64. The van der Waals surface area contributed by atoms with Crippen molar-refractivity contribution in [2.45, 2.75) is 13.5 Å². The van der Waals surface area contributed by atoms with E-state index in [1.807, 2.05) is 6.92 Å². The van der Waals surface area contributed by atoms with Crippen LogP contribution in [0.15, 0.2) is 33.9 Å². The zero-order valence-corrected chi connectivity index (χ0v) is 9.00. The molecule has 0 bridgehead atoms. The van der Waals surface area contributed by atoms with Gasteiger partial charge in [0.1, 0.15) is 0 Å². The number of furan rings is 1. The molecule has 2 aromatic rings. The standard InChI is InChI=1S/C10H10N2O2S/c1-2-12-9(13)5-8(11-10(12)15)7-3-4-14-6-7/h3-6H,2H2,1H3,(H,11,15). The SMILES string of the molecule is CCn1c(=O)cc(-c2ccoc2)[nH]c1=S. The lowest BCUT2D eigenvalue weighted by Gasteiger charge is -2.03. The topological polar surface area (TPSA) is 50.9 Å². The molecule has 78 valence electrons. The Morgan fingerprint density at radius 1 is 1.60 bits per heavy atom. The van der Waals surface area contributed by atoms with Gasteiger partial charge < -0.3 is 9.40 Å². The van der Waals surface area contributed by atoms with Crippen LogP contribution in [0.4, 0.5) is 0 Å². The monoisotopic (exact) mass is 222 g/mol. The lowest BCUT2D eigenvalue weighted by Crippen LogP contribution is -2.20. The molecule has 0 radical (unpaired) electrons. The minimum absolute atomic E-state index is 0.0996. The highest BCUT2D eigenvalue weighted by Crippen LogP contribution is 2.14. The van der Waals surface area contributed by atoms with Gasteiger partial charge in [-0.05, 0) is 25.2 Å². The molecule has 0 spiro atoms. The highest BCUT2D eigenvalue weighted by atomic mass is 32.1. The zero-order valence-electron chi connectivity index (χ0n) is 8.19. The van der Waals surface area contributed by atoms with E-state index in [0.29, 0.717) is 17.0 Å². The van der Waals surface area contributed by atoms with Crippen LogP contribution in [-0.4, -0.2) is 9.55 Å². The van der Waals surface area contributed by atoms with Crippen LogP contribution in [0.25, 0.3) is 11.3 Å². The molecular formula is C10H10N2O2S. The van der Waals surface area contributed by atoms with Gasteiger partial charge in [-0.15, -0.1) is 0 Å². The van der Waals surface area contributed by atoms with Gasteiger partial charge in [0.25, 0.3) is 5.56 Å². The largest absolute Gasteiger partial charge is 0.472 e. The van der Waals surface area contributed by atoms with Gasteiger partial charge in [0, 0.05) is 18.2 Å². The fourth-order valence-corrected chi connectivity index (χ4v) is 1.72. The molecule has 0 saturated heterocycles. The summed E-state index contributed by atoms with van der Waals surface area (Å²) in [5.41, 5.74) is 1.40. The molecule has 0 amide bonds. The Kier molecular flexibility index (Phi) is 2.55. The summed E-state index contributed by atoms with van der Waals surface area (Å²) >= 11 is 5.08. The molecule has 1 N–H and O–H groups in total. The van der Waals surface area contributed by atoms with Crippen molar-refractivity contribution in [3.8, 4) is 11.3 Å². The van der Waals surface area contributed by atoms with Crippen LogP contribution in [-0.2, 0) is 6.54 Å². The minimum Gasteiger partial charge on any atom is -0.472 e. The van der Waals surface area contributed by atoms with E-state index in [0.717, 1.165) is 5.56 Å². The van der Waals surface area contributed by atoms with Crippen molar-refractivity contribution in [2.75, 3.05) is 0 Å². The molecule has 0 atom stereocenters. The van der Waals surface area contributed by atoms with Crippen LogP contribution in [0, 0.1) is 4.77 Å². The van der Waals surface area contributed by atoms with Crippen LogP contribution in [0.3, 0.4) is 0 Å². The maximum Gasteiger partial charge on any atom is 0.254 e. The molecule has 5 heteroatoms. The van der Waals surface area contributed by atoms with Crippen molar-refractivity contribution in [3.63, 3.8) is 0 Å². The fourth-order valence-electron chi connectivity index (χ4n) is 1.39. The van der Waals surface area contributed by atoms with Gasteiger partial charge in [-0.1, -0.05) is 0 Å². The maximum absolute atomic E-state index is 11.6. The summed E-state index contributed by atoms with van der Waals surface area (Å²) in [7, 11) is 0. The second-order valence-corrected chi connectivity index (χ2v) is 3.47. The summed E-state index contributed by atoms with van der Waals surface area (Å²) in [4.78, 5) is 14.6. The Morgan fingerprint density at radius 3 is 2.93 bits per heavy atom. The lowest BCUT2D eigenvalue weighted by molar-refractivity contribution is 0.568. The molecule has 0 aliphatic carbocycles. The van der Waals surface area contributed by atoms with Gasteiger partial charge in [0.15, 0.2) is 4.77 Å². The van der Waals surface area contributed by atoms with Crippen LogP contribution >= 0.6 is 12.2 Å². The van der Waals surface area contributed by atoms with Crippen molar-refractivity contribution in [1.82, 2.24) is 9.55 Å². The van der Waals surface area contributed by atoms with Crippen molar-refractivity contribution in [3.05, 3.63) is 39.8 Å². The van der Waals surface area contributed by atoms with E-state index in [1.54, 1.807) is 18.6 Å². The van der Waals surface area contributed by atoms with E-state index in [2.05, 4.69) is 4.98 Å². The molecular weight excluding hydrogens is 212 g/mol. The molecule has 0 saturated carbocycles. The number of nitrogens with one attached hydrogen (secondary N) is 1. The Bertz CT molecular complexity index is 535. The number of hydrogen-bond acceptors (Lipinski definition) is 3. The summed E-state index contributed by atoms with van der Waals surface area (Å²) < 4.78 is 6.87. The normalized spacial score (nSPS) is 10.5.